The molecule has 0 amide bonds. The van der Waals surface area contributed by atoms with Crippen LogP contribution in [-0.4, -0.2) is 40.5 Å². The van der Waals surface area contributed by atoms with Crippen molar-refractivity contribution in [3.05, 3.63) is 0 Å². The number of aliphatic carboxylic acids is 1. The fraction of sp³-hybridized carbons (Fsp3) is 0.800. The van der Waals surface area contributed by atoms with E-state index in [2.05, 4.69) is 0 Å². The monoisotopic (exact) mass is 148 g/mol. The average Bonchev–Trinajstić information content (AvgIpc) is 1.88. The highest BCUT2D eigenvalue weighted by Gasteiger charge is 2.20. The van der Waals surface area contributed by atoms with E-state index in [0.29, 0.717) is 5.06 Å². The molecule has 0 aromatic heterocycles. The summed E-state index contributed by atoms with van der Waals surface area (Å²) in [6.07, 6.45) is 0. The van der Waals surface area contributed by atoms with E-state index in [1.807, 2.05) is 0 Å². The number of hydrogen-bond acceptors (Lipinski definition) is 4. The SMILES string of the molecule is CCN(O)C(CN)C(=O)O. The first-order valence-electron chi connectivity index (χ1n) is 3.01. The molecular formula is C5H12N2O3. The molecule has 0 aromatic rings. The molecule has 0 aromatic carbocycles. The Balaban J connectivity index is 3.92. The molecule has 0 heterocycles. The van der Waals surface area contributed by atoms with Crippen molar-refractivity contribution >= 4 is 5.97 Å². The highest BCUT2D eigenvalue weighted by molar-refractivity contribution is 5.73. The number of likely N-dealkylation sites (N-methyl/N-ethyl adjacent to an activating group) is 1. The van der Waals surface area contributed by atoms with Crippen LogP contribution in [0.2, 0.25) is 0 Å². The van der Waals surface area contributed by atoms with Crippen LogP contribution in [0.5, 0.6) is 0 Å². The van der Waals surface area contributed by atoms with Crippen molar-refractivity contribution in [2.75, 3.05) is 13.1 Å². The lowest BCUT2D eigenvalue weighted by Crippen LogP contribution is -2.44. The molecule has 0 aliphatic heterocycles. The summed E-state index contributed by atoms with van der Waals surface area (Å²) in [6, 6.07) is -0.981. The summed E-state index contributed by atoms with van der Waals surface area (Å²) in [5.74, 6) is -1.10. The van der Waals surface area contributed by atoms with Crippen molar-refractivity contribution in [3.8, 4) is 0 Å². The molecule has 0 aliphatic rings. The minimum atomic E-state index is -1.10. The number of carboxylic acids is 1. The summed E-state index contributed by atoms with van der Waals surface area (Å²) in [5, 5.41) is 18.0. The van der Waals surface area contributed by atoms with E-state index in [9.17, 15) is 4.79 Å². The number of hydroxylamine groups is 2. The Kier molecular flexibility index (Phi) is 3.94. The van der Waals surface area contributed by atoms with E-state index < -0.39 is 12.0 Å². The first kappa shape index (κ1) is 9.35. The van der Waals surface area contributed by atoms with Crippen LogP contribution in [0.4, 0.5) is 0 Å². The van der Waals surface area contributed by atoms with Gasteiger partial charge in [-0.3, -0.25) is 4.79 Å². The smallest absolute Gasteiger partial charge is 0.324 e. The second-order valence-electron chi connectivity index (χ2n) is 1.85. The van der Waals surface area contributed by atoms with Crippen molar-refractivity contribution in [2.45, 2.75) is 13.0 Å². The summed E-state index contributed by atoms with van der Waals surface area (Å²) in [4.78, 5) is 10.2. The van der Waals surface area contributed by atoms with Gasteiger partial charge in [-0.15, -0.1) is 0 Å². The molecule has 1 unspecified atom stereocenters. The quantitative estimate of drug-likeness (QED) is 0.450. The standard InChI is InChI=1S/C5H12N2O3/c1-2-7(10)4(3-6)5(8)9/h4,10H,2-3,6H2,1H3,(H,8,9). The normalized spacial score (nSPS) is 13.6. The van der Waals surface area contributed by atoms with Gasteiger partial charge in [0.1, 0.15) is 6.04 Å². The third-order valence-electron chi connectivity index (χ3n) is 1.19. The molecule has 1 atom stereocenters. The Hall–Kier alpha value is -0.650. The lowest BCUT2D eigenvalue weighted by molar-refractivity contribution is -0.166. The molecule has 0 radical (unpaired) electrons. The highest BCUT2D eigenvalue weighted by atomic mass is 16.5. The fourth-order valence-electron chi connectivity index (χ4n) is 0.570. The zero-order valence-electron chi connectivity index (χ0n) is 5.82. The number of nitrogens with two attached hydrogens (primary N) is 1. The summed E-state index contributed by atoms with van der Waals surface area (Å²) in [6.45, 7) is 1.82. The molecule has 5 heteroatoms. The number of hydrogen-bond donors (Lipinski definition) is 3. The first-order chi connectivity index (χ1) is 4.63. The lowest BCUT2D eigenvalue weighted by Gasteiger charge is -2.18. The van der Waals surface area contributed by atoms with E-state index in [0.717, 1.165) is 0 Å². The molecular weight excluding hydrogens is 136 g/mol. The fourth-order valence-corrected chi connectivity index (χ4v) is 0.570. The molecule has 4 N–H and O–H groups in total. The van der Waals surface area contributed by atoms with E-state index in [1.165, 1.54) is 0 Å². The molecule has 0 saturated carbocycles. The van der Waals surface area contributed by atoms with Crippen LogP contribution >= 0.6 is 0 Å². The van der Waals surface area contributed by atoms with Gasteiger partial charge >= 0.3 is 5.97 Å². The number of nitrogens with zero attached hydrogens (tertiary/aromatic N) is 1. The predicted octanol–water partition coefficient (Wildman–Crippen LogP) is -0.891. The van der Waals surface area contributed by atoms with Gasteiger partial charge in [-0.05, 0) is 0 Å². The van der Waals surface area contributed by atoms with Crippen molar-refractivity contribution in [1.82, 2.24) is 5.06 Å². The van der Waals surface area contributed by atoms with Crippen molar-refractivity contribution in [1.29, 1.82) is 0 Å². The molecule has 0 fully saturated rings. The largest absolute Gasteiger partial charge is 0.480 e. The lowest BCUT2D eigenvalue weighted by atomic mass is 10.3. The maximum absolute atomic E-state index is 10.2. The molecule has 0 saturated heterocycles. The third-order valence-corrected chi connectivity index (χ3v) is 1.19. The molecule has 0 spiro atoms. The summed E-state index contributed by atoms with van der Waals surface area (Å²) >= 11 is 0. The van der Waals surface area contributed by atoms with Crippen molar-refractivity contribution < 1.29 is 15.1 Å². The van der Waals surface area contributed by atoms with Gasteiger partial charge in [-0.1, -0.05) is 6.92 Å². The van der Waals surface area contributed by atoms with Crippen molar-refractivity contribution in [3.63, 3.8) is 0 Å². The summed E-state index contributed by atoms with van der Waals surface area (Å²) in [7, 11) is 0. The van der Waals surface area contributed by atoms with E-state index in [4.69, 9.17) is 16.0 Å². The second kappa shape index (κ2) is 4.21. The molecule has 0 aliphatic carbocycles. The van der Waals surface area contributed by atoms with Gasteiger partial charge in [-0.25, -0.2) is 0 Å². The minimum absolute atomic E-state index is 0.0837. The van der Waals surface area contributed by atoms with Gasteiger partial charge in [0, 0.05) is 13.1 Å². The zero-order chi connectivity index (χ0) is 8.15. The van der Waals surface area contributed by atoms with Crippen LogP contribution in [-0.2, 0) is 4.79 Å². The predicted molar refractivity (Wildman–Crippen MR) is 34.6 cm³/mol. The number of rotatable bonds is 4. The van der Waals surface area contributed by atoms with Crippen LogP contribution in [0.15, 0.2) is 0 Å². The average molecular weight is 148 g/mol. The van der Waals surface area contributed by atoms with Gasteiger partial charge in [-0.2, -0.15) is 5.06 Å². The molecule has 60 valence electrons. The van der Waals surface area contributed by atoms with Crippen LogP contribution in [0.25, 0.3) is 0 Å². The van der Waals surface area contributed by atoms with Gasteiger partial charge in [0.2, 0.25) is 0 Å². The zero-order valence-corrected chi connectivity index (χ0v) is 5.82. The molecule has 5 nitrogen and oxygen atoms in total. The third kappa shape index (κ3) is 2.30. The van der Waals surface area contributed by atoms with Crippen LogP contribution in [0.3, 0.4) is 0 Å². The Morgan fingerprint density at radius 2 is 2.30 bits per heavy atom. The van der Waals surface area contributed by atoms with Crippen molar-refractivity contribution in [2.24, 2.45) is 5.73 Å². The van der Waals surface area contributed by atoms with Gasteiger partial charge in [0.25, 0.3) is 0 Å². The maximum Gasteiger partial charge on any atom is 0.324 e. The highest BCUT2D eigenvalue weighted by Crippen LogP contribution is 1.92. The van der Waals surface area contributed by atoms with E-state index >= 15 is 0 Å². The van der Waals surface area contributed by atoms with Gasteiger partial charge in [0.05, 0.1) is 0 Å². The molecule has 0 rings (SSSR count). The minimum Gasteiger partial charge on any atom is -0.480 e. The van der Waals surface area contributed by atoms with Crippen LogP contribution in [0, 0.1) is 0 Å². The first-order valence-corrected chi connectivity index (χ1v) is 3.01. The van der Waals surface area contributed by atoms with Crippen LogP contribution in [0.1, 0.15) is 6.92 Å². The maximum atomic E-state index is 10.2. The number of carboxylic acid groups (broad SMARTS) is 1. The Bertz CT molecular complexity index is 117. The molecule has 10 heavy (non-hydrogen) atoms. The Morgan fingerprint density at radius 1 is 1.80 bits per heavy atom. The summed E-state index contributed by atoms with van der Waals surface area (Å²) in [5.41, 5.74) is 5.07. The Labute approximate surface area is 59.0 Å². The molecule has 0 bridgehead atoms. The topological polar surface area (TPSA) is 86.8 Å². The van der Waals surface area contributed by atoms with E-state index in [-0.39, 0.29) is 13.1 Å². The van der Waals surface area contributed by atoms with Gasteiger partial charge < -0.3 is 16.0 Å². The van der Waals surface area contributed by atoms with E-state index in [1.54, 1.807) is 6.92 Å². The second-order valence-corrected chi connectivity index (χ2v) is 1.85. The summed E-state index contributed by atoms with van der Waals surface area (Å²) < 4.78 is 0. The van der Waals surface area contributed by atoms with Gasteiger partial charge in [0.15, 0.2) is 0 Å². The van der Waals surface area contributed by atoms with Crippen LogP contribution < -0.4 is 5.73 Å². The number of carbonyl (C=O) groups is 1. The Morgan fingerprint density at radius 3 is 2.40 bits per heavy atom.